The summed E-state index contributed by atoms with van der Waals surface area (Å²) in [5.41, 5.74) is 0. The largest absolute Gasteiger partial charge is 1.00 e. The average Bonchev–Trinajstić information content (AvgIpc) is 2.20. The third-order valence-corrected chi connectivity index (χ3v) is 1.28. The predicted octanol–water partition coefficient (Wildman–Crippen LogP) is -0.766. The molecule has 84 valence electrons. The minimum absolute atomic E-state index is 0. The number of carboxylic acids is 1. The summed E-state index contributed by atoms with van der Waals surface area (Å²) in [4.78, 5) is 9.86. The van der Waals surface area contributed by atoms with Gasteiger partial charge in [-0.25, -0.2) is 4.79 Å². The number of benzene rings is 1. The van der Waals surface area contributed by atoms with E-state index in [2.05, 4.69) is 6.07 Å². The molecule has 0 aliphatic heterocycles. The van der Waals surface area contributed by atoms with E-state index in [-0.39, 0.29) is 25.5 Å². The van der Waals surface area contributed by atoms with Crippen molar-refractivity contribution in [2.45, 2.75) is 13.8 Å². The Morgan fingerprint density at radius 3 is 2.12 bits per heavy atom. The summed E-state index contributed by atoms with van der Waals surface area (Å²) < 4.78 is 4.76. The molecule has 16 heavy (non-hydrogen) atoms. The quantitative estimate of drug-likeness (QED) is 0.531. The van der Waals surface area contributed by atoms with Gasteiger partial charge in [0.05, 0.1) is 0 Å². The van der Waals surface area contributed by atoms with Crippen molar-refractivity contribution >= 4 is 5.97 Å². The third-order valence-electron chi connectivity index (χ3n) is 1.28. The molecular formula is C12H17LiO3. The Balaban J connectivity index is 0. The Morgan fingerprint density at radius 1 is 1.31 bits per heavy atom. The molecule has 4 heteroatoms. The number of carbonyl (C=O) groups is 1. The fourth-order valence-corrected chi connectivity index (χ4v) is 0.724. The maximum Gasteiger partial charge on any atom is 1.00 e. The first-order valence-electron chi connectivity index (χ1n) is 4.83. The number of hydrogen-bond donors (Lipinski definition) is 1. The molecule has 0 saturated heterocycles. The predicted molar refractivity (Wildman–Crippen MR) is 58.6 cm³/mol. The van der Waals surface area contributed by atoms with E-state index in [0.29, 0.717) is 12.5 Å². The van der Waals surface area contributed by atoms with Crippen LogP contribution in [-0.4, -0.2) is 24.3 Å². The number of hydrogen-bond acceptors (Lipinski definition) is 2. The number of rotatable bonds is 4. The zero-order valence-electron chi connectivity index (χ0n) is 10.1. The maximum absolute atomic E-state index is 9.86. The van der Waals surface area contributed by atoms with Crippen LogP contribution in [0.15, 0.2) is 30.3 Å². The van der Waals surface area contributed by atoms with Crippen LogP contribution in [0.2, 0.25) is 0 Å². The van der Waals surface area contributed by atoms with Crippen molar-refractivity contribution in [2.24, 2.45) is 5.92 Å². The molecule has 0 aliphatic carbocycles. The summed E-state index contributed by atoms with van der Waals surface area (Å²) >= 11 is 0. The van der Waals surface area contributed by atoms with E-state index in [9.17, 15) is 4.79 Å². The molecular weight excluding hydrogens is 199 g/mol. The maximum atomic E-state index is 9.86. The summed E-state index contributed by atoms with van der Waals surface area (Å²) in [6, 6.07) is 12.5. The fraction of sp³-hybridized carbons (Fsp3) is 0.417. The van der Waals surface area contributed by atoms with Crippen LogP contribution in [0.3, 0.4) is 0 Å². The molecule has 0 unspecified atom stereocenters. The normalized spacial score (nSPS) is 8.69. The Morgan fingerprint density at radius 2 is 1.88 bits per heavy atom. The van der Waals surface area contributed by atoms with Gasteiger partial charge in [0.1, 0.15) is 6.61 Å². The van der Waals surface area contributed by atoms with E-state index in [1.807, 2.05) is 44.2 Å². The molecule has 0 heterocycles. The van der Waals surface area contributed by atoms with Crippen LogP contribution in [-0.2, 0) is 9.53 Å². The number of aliphatic carboxylic acids is 1. The van der Waals surface area contributed by atoms with Gasteiger partial charge in [-0.1, -0.05) is 13.8 Å². The number of ether oxygens (including phenoxy) is 1. The molecule has 0 radical (unpaired) electrons. The summed E-state index contributed by atoms with van der Waals surface area (Å²) in [7, 11) is 0. The van der Waals surface area contributed by atoms with Crippen molar-refractivity contribution in [3.63, 3.8) is 0 Å². The van der Waals surface area contributed by atoms with Crippen molar-refractivity contribution in [3.05, 3.63) is 36.4 Å². The summed E-state index contributed by atoms with van der Waals surface area (Å²) in [5.74, 6) is -0.500. The molecule has 0 spiro atoms. The SMILES string of the molecule is CC(C)COCC(=O)O.[Li+].[c-]1ccccc1. The van der Waals surface area contributed by atoms with Gasteiger partial charge in [0, 0.05) is 6.61 Å². The Bertz CT molecular complexity index is 223. The Kier molecular flexibility index (Phi) is 13.6. The van der Waals surface area contributed by atoms with Gasteiger partial charge >= 0.3 is 24.8 Å². The molecule has 0 atom stereocenters. The zero-order valence-corrected chi connectivity index (χ0v) is 10.1. The molecule has 1 N–H and O–H groups in total. The van der Waals surface area contributed by atoms with Crippen molar-refractivity contribution in [1.82, 2.24) is 0 Å². The summed E-state index contributed by atoms with van der Waals surface area (Å²) in [5, 5.41) is 8.10. The van der Waals surface area contributed by atoms with Crippen LogP contribution in [0.25, 0.3) is 0 Å². The van der Waals surface area contributed by atoms with Gasteiger partial charge in [-0.2, -0.15) is 36.4 Å². The monoisotopic (exact) mass is 216 g/mol. The third kappa shape index (κ3) is 15.7. The van der Waals surface area contributed by atoms with Gasteiger partial charge in [0.2, 0.25) is 0 Å². The second-order valence-electron chi connectivity index (χ2n) is 3.38. The van der Waals surface area contributed by atoms with Crippen LogP contribution < -0.4 is 18.9 Å². The van der Waals surface area contributed by atoms with Gasteiger partial charge in [-0.05, 0) is 5.92 Å². The van der Waals surface area contributed by atoms with E-state index in [1.165, 1.54) is 0 Å². The van der Waals surface area contributed by atoms with Crippen LogP contribution in [0.5, 0.6) is 0 Å². The van der Waals surface area contributed by atoms with Gasteiger partial charge in [-0.3, -0.25) is 0 Å². The zero-order chi connectivity index (χ0) is 11.5. The second-order valence-corrected chi connectivity index (χ2v) is 3.38. The molecule has 1 aromatic carbocycles. The van der Waals surface area contributed by atoms with E-state index in [1.54, 1.807) is 0 Å². The molecule has 0 aromatic heterocycles. The van der Waals surface area contributed by atoms with E-state index in [4.69, 9.17) is 9.84 Å². The van der Waals surface area contributed by atoms with Crippen LogP contribution in [0, 0.1) is 12.0 Å². The van der Waals surface area contributed by atoms with E-state index < -0.39 is 5.97 Å². The standard InChI is InChI=1S/C6H12O3.C6H5.Li/c1-5(2)3-9-4-6(7)8;1-2-4-6-5-3-1;/h5H,3-4H2,1-2H3,(H,7,8);1-5H;/q;-1;+1. The smallest absolute Gasteiger partial charge is 0.480 e. The molecule has 1 aromatic rings. The van der Waals surface area contributed by atoms with Crippen LogP contribution >= 0.6 is 0 Å². The van der Waals surface area contributed by atoms with Crippen molar-refractivity contribution in [1.29, 1.82) is 0 Å². The van der Waals surface area contributed by atoms with Crippen LogP contribution in [0.4, 0.5) is 0 Å². The fourth-order valence-electron chi connectivity index (χ4n) is 0.724. The summed E-state index contributed by atoms with van der Waals surface area (Å²) in [6.45, 7) is 4.29. The van der Waals surface area contributed by atoms with Crippen molar-refractivity contribution in [3.8, 4) is 0 Å². The molecule has 0 amide bonds. The van der Waals surface area contributed by atoms with Crippen molar-refractivity contribution in [2.75, 3.05) is 13.2 Å². The second kappa shape index (κ2) is 12.3. The molecule has 1 rings (SSSR count). The minimum atomic E-state index is -0.907. The molecule has 0 bridgehead atoms. The molecule has 0 aliphatic rings. The van der Waals surface area contributed by atoms with Gasteiger partial charge in [-0.15, -0.1) is 0 Å². The molecule has 0 fully saturated rings. The van der Waals surface area contributed by atoms with Crippen molar-refractivity contribution < 1.29 is 33.5 Å². The van der Waals surface area contributed by atoms with Gasteiger partial charge in [0.15, 0.2) is 0 Å². The first kappa shape index (κ1) is 17.6. The summed E-state index contributed by atoms with van der Waals surface area (Å²) in [6.07, 6.45) is 0. The topological polar surface area (TPSA) is 46.5 Å². The Labute approximate surface area is 109 Å². The van der Waals surface area contributed by atoms with Gasteiger partial charge < -0.3 is 9.84 Å². The molecule has 3 nitrogen and oxygen atoms in total. The average molecular weight is 216 g/mol. The molecule has 0 saturated carbocycles. The first-order chi connectivity index (χ1) is 7.13. The van der Waals surface area contributed by atoms with Gasteiger partial charge in [0.25, 0.3) is 0 Å². The van der Waals surface area contributed by atoms with E-state index >= 15 is 0 Å². The first-order valence-corrected chi connectivity index (χ1v) is 4.83. The Hall–Kier alpha value is -0.753. The number of carboxylic acid groups (broad SMARTS) is 1. The van der Waals surface area contributed by atoms with E-state index in [0.717, 1.165) is 0 Å². The minimum Gasteiger partial charge on any atom is -0.480 e. The van der Waals surface area contributed by atoms with Crippen LogP contribution in [0.1, 0.15) is 13.8 Å².